The van der Waals surface area contributed by atoms with Gasteiger partial charge in [-0.05, 0) is 49.6 Å². The number of nitriles is 1. The van der Waals surface area contributed by atoms with Gasteiger partial charge in [-0.1, -0.05) is 12.1 Å². The zero-order chi connectivity index (χ0) is 21.3. The molecule has 3 N–H and O–H groups in total. The Bertz CT molecular complexity index is 1110. The van der Waals surface area contributed by atoms with Crippen molar-refractivity contribution in [2.45, 2.75) is 39.0 Å². The van der Waals surface area contributed by atoms with Gasteiger partial charge in [-0.25, -0.2) is 9.37 Å². The number of benzene rings is 1. The molecule has 2 unspecified atom stereocenters. The number of anilines is 2. The number of aryl methyl sites for hydroxylation is 2. The van der Waals surface area contributed by atoms with Crippen molar-refractivity contribution in [1.29, 1.82) is 5.26 Å². The van der Waals surface area contributed by atoms with Gasteiger partial charge in [-0.15, -0.1) is 0 Å². The molecular formula is C22H24FN7. The van der Waals surface area contributed by atoms with E-state index in [2.05, 4.69) is 31.2 Å². The molecule has 2 atom stereocenters. The van der Waals surface area contributed by atoms with Crippen molar-refractivity contribution in [2.24, 2.45) is 0 Å². The van der Waals surface area contributed by atoms with Gasteiger partial charge in [0, 0.05) is 25.3 Å². The first-order chi connectivity index (χ1) is 14.4. The molecule has 1 saturated heterocycles. The molecule has 7 nitrogen and oxygen atoms in total. The Hall–Kier alpha value is -3.31. The van der Waals surface area contributed by atoms with Gasteiger partial charge in [0.25, 0.3) is 0 Å². The Morgan fingerprint density at radius 3 is 2.70 bits per heavy atom. The number of hydrogen-bond donors (Lipinski definition) is 2. The maximum absolute atomic E-state index is 14.9. The van der Waals surface area contributed by atoms with Crippen LogP contribution in [0.5, 0.6) is 0 Å². The lowest BCUT2D eigenvalue weighted by Gasteiger charge is -2.35. The van der Waals surface area contributed by atoms with E-state index in [-0.39, 0.29) is 6.04 Å². The second kappa shape index (κ2) is 8.20. The summed E-state index contributed by atoms with van der Waals surface area (Å²) in [6, 6.07) is 11.1. The van der Waals surface area contributed by atoms with E-state index in [4.69, 9.17) is 11.0 Å². The lowest BCUT2D eigenvalue weighted by atomic mass is 10.0. The van der Waals surface area contributed by atoms with Gasteiger partial charge in [-0.3, -0.25) is 4.90 Å². The minimum atomic E-state index is -1.06. The highest BCUT2D eigenvalue weighted by molar-refractivity contribution is 5.89. The average molecular weight is 405 g/mol. The molecule has 0 amide bonds. The summed E-state index contributed by atoms with van der Waals surface area (Å²) >= 11 is 0. The molecule has 0 aliphatic carbocycles. The number of aromatic nitrogens is 3. The van der Waals surface area contributed by atoms with Crippen LogP contribution < -0.4 is 11.1 Å². The minimum absolute atomic E-state index is 0.311. The summed E-state index contributed by atoms with van der Waals surface area (Å²) in [5.74, 6) is 0.659. The van der Waals surface area contributed by atoms with E-state index >= 15 is 0 Å². The van der Waals surface area contributed by atoms with Crippen LogP contribution in [0.4, 0.5) is 16.2 Å². The number of halogens is 1. The van der Waals surface area contributed by atoms with Gasteiger partial charge in [0.05, 0.1) is 23.1 Å². The van der Waals surface area contributed by atoms with Crippen LogP contribution in [0.1, 0.15) is 28.8 Å². The SMILES string of the molecule is Cc1cc(C)c2c(N)nc(NC3CCN(Cc4ccc(C#N)cc4)CC3F)nc2n1. The number of nitrogen functional groups attached to an aromatic ring is 1. The normalized spacial score (nSPS) is 19.5. The van der Waals surface area contributed by atoms with Gasteiger partial charge < -0.3 is 11.1 Å². The Labute approximate surface area is 174 Å². The van der Waals surface area contributed by atoms with Crippen molar-refractivity contribution in [3.05, 3.63) is 52.7 Å². The second-order valence-electron chi connectivity index (χ2n) is 7.81. The van der Waals surface area contributed by atoms with Crippen molar-refractivity contribution in [3.8, 4) is 6.07 Å². The van der Waals surface area contributed by atoms with Crippen LogP contribution in [-0.4, -0.2) is 45.2 Å². The lowest BCUT2D eigenvalue weighted by molar-refractivity contribution is 0.121. The predicted octanol–water partition coefficient (Wildman–Crippen LogP) is 3.12. The Kier molecular flexibility index (Phi) is 5.46. The van der Waals surface area contributed by atoms with E-state index in [0.29, 0.717) is 42.5 Å². The zero-order valence-corrected chi connectivity index (χ0v) is 17.1. The molecule has 1 aliphatic rings. The number of nitrogens with two attached hydrogens (primary N) is 1. The number of nitrogens with zero attached hydrogens (tertiary/aromatic N) is 5. The fourth-order valence-electron chi connectivity index (χ4n) is 3.96. The molecule has 0 saturated carbocycles. The molecule has 1 fully saturated rings. The zero-order valence-electron chi connectivity index (χ0n) is 17.1. The fraction of sp³-hybridized carbons (Fsp3) is 0.364. The first-order valence-electron chi connectivity index (χ1n) is 9.96. The summed E-state index contributed by atoms with van der Waals surface area (Å²) in [6.07, 6.45) is -0.441. The van der Waals surface area contributed by atoms with Gasteiger partial charge >= 0.3 is 0 Å². The number of nitrogens with one attached hydrogen (secondary N) is 1. The molecule has 3 aromatic rings. The maximum Gasteiger partial charge on any atom is 0.227 e. The largest absolute Gasteiger partial charge is 0.383 e. The third-order valence-electron chi connectivity index (χ3n) is 5.45. The summed E-state index contributed by atoms with van der Waals surface area (Å²) in [6.45, 7) is 5.57. The quantitative estimate of drug-likeness (QED) is 0.687. The molecule has 154 valence electrons. The lowest BCUT2D eigenvalue weighted by Crippen LogP contribution is -2.47. The molecule has 0 radical (unpaired) electrons. The standard InChI is InChI=1S/C22H24FN7/c1-13-9-14(2)26-21-19(13)20(25)28-22(29-21)27-18-7-8-30(12-17(18)23)11-16-5-3-15(10-24)4-6-16/h3-6,9,17-18H,7-8,11-12H2,1-2H3,(H3,25,26,27,28,29). The van der Waals surface area contributed by atoms with E-state index in [1.807, 2.05) is 32.0 Å². The van der Waals surface area contributed by atoms with Crippen LogP contribution in [-0.2, 0) is 6.54 Å². The summed E-state index contributed by atoms with van der Waals surface area (Å²) in [7, 11) is 0. The summed E-state index contributed by atoms with van der Waals surface area (Å²) in [5, 5.41) is 12.8. The molecule has 1 aromatic carbocycles. The van der Waals surface area contributed by atoms with Crippen LogP contribution in [0.25, 0.3) is 11.0 Å². The third-order valence-corrected chi connectivity index (χ3v) is 5.45. The number of pyridine rings is 1. The van der Waals surface area contributed by atoms with Crippen molar-refractivity contribution >= 4 is 22.8 Å². The Morgan fingerprint density at radius 1 is 1.23 bits per heavy atom. The highest BCUT2D eigenvalue weighted by Gasteiger charge is 2.30. The predicted molar refractivity (Wildman–Crippen MR) is 115 cm³/mol. The molecule has 8 heteroatoms. The van der Waals surface area contributed by atoms with Crippen LogP contribution >= 0.6 is 0 Å². The molecule has 2 aromatic heterocycles. The van der Waals surface area contributed by atoms with Crippen LogP contribution in [0.15, 0.2) is 30.3 Å². The van der Waals surface area contributed by atoms with E-state index in [1.165, 1.54) is 0 Å². The first kappa shape index (κ1) is 20.0. The van der Waals surface area contributed by atoms with Crippen molar-refractivity contribution in [2.75, 3.05) is 24.1 Å². The molecule has 30 heavy (non-hydrogen) atoms. The molecule has 4 rings (SSSR count). The van der Waals surface area contributed by atoms with Gasteiger partial charge in [-0.2, -0.15) is 15.2 Å². The van der Waals surface area contributed by atoms with E-state index < -0.39 is 6.17 Å². The van der Waals surface area contributed by atoms with Crippen molar-refractivity contribution in [3.63, 3.8) is 0 Å². The molecule has 0 bridgehead atoms. The molecule has 1 aliphatic heterocycles. The fourth-order valence-corrected chi connectivity index (χ4v) is 3.96. The summed E-state index contributed by atoms with van der Waals surface area (Å²) < 4.78 is 14.9. The van der Waals surface area contributed by atoms with Crippen LogP contribution in [0.2, 0.25) is 0 Å². The average Bonchev–Trinajstić information content (AvgIpc) is 2.70. The van der Waals surface area contributed by atoms with Crippen LogP contribution in [0.3, 0.4) is 0 Å². The van der Waals surface area contributed by atoms with Gasteiger partial charge in [0.1, 0.15) is 12.0 Å². The highest BCUT2D eigenvalue weighted by Crippen LogP contribution is 2.25. The summed E-state index contributed by atoms with van der Waals surface area (Å²) in [5.41, 5.74) is 10.2. The number of fused-ring (bicyclic) bond motifs is 1. The number of rotatable bonds is 4. The van der Waals surface area contributed by atoms with Crippen molar-refractivity contribution < 1.29 is 4.39 Å². The van der Waals surface area contributed by atoms with Gasteiger partial charge in [0.15, 0.2) is 5.65 Å². The Balaban J connectivity index is 1.43. The van der Waals surface area contributed by atoms with E-state index in [1.54, 1.807) is 12.1 Å². The first-order valence-corrected chi connectivity index (χ1v) is 9.96. The molecule has 0 spiro atoms. The van der Waals surface area contributed by atoms with E-state index in [9.17, 15) is 4.39 Å². The smallest absolute Gasteiger partial charge is 0.227 e. The highest BCUT2D eigenvalue weighted by atomic mass is 19.1. The Morgan fingerprint density at radius 2 is 2.00 bits per heavy atom. The van der Waals surface area contributed by atoms with Crippen LogP contribution in [0, 0.1) is 25.2 Å². The molecule has 3 heterocycles. The number of likely N-dealkylation sites (tertiary alicyclic amines) is 1. The van der Waals surface area contributed by atoms with Crippen molar-refractivity contribution in [1.82, 2.24) is 19.9 Å². The maximum atomic E-state index is 14.9. The minimum Gasteiger partial charge on any atom is -0.383 e. The topological polar surface area (TPSA) is 104 Å². The third kappa shape index (κ3) is 4.16. The number of piperidine rings is 1. The second-order valence-corrected chi connectivity index (χ2v) is 7.81. The molecular weight excluding hydrogens is 381 g/mol. The van der Waals surface area contributed by atoms with Gasteiger partial charge in [0.2, 0.25) is 5.95 Å². The van der Waals surface area contributed by atoms with E-state index in [0.717, 1.165) is 28.8 Å². The monoisotopic (exact) mass is 405 g/mol. The number of alkyl halides is 1. The number of hydrogen-bond acceptors (Lipinski definition) is 7. The summed E-state index contributed by atoms with van der Waals surface area (Å²) in [4.78, 5) is 15.3.